The van der Waals surface area contributed by atoms with Crippen LogP contribution in [0.25, 0.3) is 11.0 Å². The molecule has 144 valence electrons. The molecule has 0 bridgehead atoms. The van der Waals surface area contributed by atoms with E-state index in [0.717, 1.165) is 37.0 Å². The molecule has 2 amide bonds. The van der Waals surface area contributed by atoms with Crippen LogP contribution in [0, 0.1) is 0 Å². The third-order valence-corrected chi connectivity index (χ3v) is 5.16. The predicted octanol–water partition coefficient (Wildman–Crippen LogP) is 2.21. The molecule has 0 radical (unpaired) electrons. The zero-order chi connectivity index (χ0) is 19.7. The van der Waals surface area contributed by atoms with Crippen molar-refractivity contribution < 1.29 is 9.59 Å². The fraction of sp³-hybridized carbons (Fsp3) is 0.286. The van der Waals surface area contributed by atoms with Crippen molar-refractivity contribution in [2.45, 2.75) is 19.4 Å². The Morgan fingerprint density at radius 1 is 0.964 bits per heavy atom. The van der Waals surface area contributed by atoms with E-state index in [4.69, 9.17) is 0 Å². The number of imidazole rings is 1. The summed E-state index contributed by atoms with van der Waals surface area (Å²) < 4.78 is 2.98. The molecule has 4 rings (SSSR count). The summed E-state index contributed by atoms with van der Waals surface area (Å²) in [5, 5.41) is 2.79. The molecular formula is C21H22N4O3. The maximum atomic E-state index is 12.5. The van der Waals surface area contributed by atoms with E-state index in [2.05, 4.69) is 5.32 Å². The highest BCUT2D eigenvalue weighted by molar-refractivity contribution is 5.96. The van der Waals surface area contributed by atoms with Crippen molar-refractivity contribution in [1.82, 2.24) is 14.0 Å². The van der Waals surface area contributed by atoms with Gasteiger partial charge in [0.05, 0.1) is 11.0 Å². The third kappa shape index (κ3) is 3.31. The van der Waals surface area contributed by atoms with Gasteiger partial charge in [-0.3, -0.25) is 18.7 Å². The van der Waals surface area contributed by atoms with Crippen LogP contribution in [-0.4, -0.2) is 38.9 Å². The van der Waals surface area contributed by atoms with Gasteiger partial charge in [0, 0.05) is 31.4 Å². The van der Waals surface area contributed by atoms with Gasteiger partial charge in [-0.15, -0.1) is 0 Å². The van der Waals surface area contributed by atoms with Crippen LogP contribution in [-0.2, 0) is 18.4 Å². The van der Waals surface area contributed by atoms with E-state index in [1.165, 1.54) is 9.13 Å². The summed E-state index contributed by atoms with van der Waals surface area (Å²) in [5.74, 6) is -0.269. The molecule has 1 aromatic heterocycles. The second-order valence-electron chi connectivity index (χ2n) is 7.04. The number of likely N-dealkylation sites (tertiary alicyclic amines) is 1. The molecule has 1 aliphatic rings. The van der Waals surface area contributed by atoms with Gasteiger partial charge in [0.15, 0.2) is 0 Å². The number of benzene rings is 2. The van der Waals surface area contributed by atoms with Gasteiger partial charge in [-0.05, 0) is 49.2 Å². The Morgan fingerprint density at radius 3 is 2.29 bits per heavy atom. The quantitative estimate of drug-likeness (QED) is 0.756. The topological polar surface area (TPSA) is 76.3 Å². The van der Waals surface area contributed by atoms with Gasteiger partial charge in [-0.2, -0.15) is 0 Å². The number of fused-ring (bicyclic) bond motifs is 1. The van der Waals surface area contributed by atoms with Crippen molar-refractivity contribution in [3.8, 4) is 0 Å². The fourth-order valence-electron chi connectivity index (χ4n) is 3.66. The first-order valence-corrected chi connectivity index (χ1v) is 9.38. The summed E-state index contributed by atoms with van der Waals surface area (Å²) in [7, 11) is 1.69. The molecule has 0 spiro atoms. The van der Waals surface area contributed by atoms with Gasteiger partial charge in [0.2, 0.25) is 5.91 Å². The van der Waals surface area contributed by atoms with Crippen LogP contribution in [0.15, 0.2) is 53.3 Å². The van der Waals surface area contributed by atoms with E-state index in [9.17, 15) is 14.4 Å². The molecule has 0 saturated carbocycles. The van der Waals surface area contributed by atoms with Crippen LogP contribution < -0.4 is 11.0 Å². The molecule has 2 aromatic carbocycles. The lowest BCUT2D eigenvalue weighted by Crippen LogP contribution is -2.28. The highest BCUT2D eigenvalue weighted by atomic mass is 16.2. The number of hydrogen-bond acceptors (Lipinski definition) is 3. The van der Waals surface area contributed by atoms with E-state index in [1.54, 1.807) is 31.3 Å². The van der Waals surface area contributed by atoms with Crippen LogP contribution in [0.5, 0.6) is 0 Å². The smallest absolute Gasteiger partial charge is 0.329 e. The van der Waals surface area contributed by atoms with E-state index in [-0.39, 0.29) is 24.0 Å². The highest BCUT2D eigenvalue weighted by Gasteiger charge is 2.19. The lowest BCUT2D eigenvalue weighted by Gasteiger charge is -2.15. The molecule has 7 heteroatoms. The summed E-state index contributed by atoms with van der Waals surface area (Å²) in [6.07, 6.45) is 2.10. The molecule has 0 atom stereocenters. The van der Waals surface area contributed by atoms with E-state index >= 15 is 0 Å². The summed E-state index contributed by atoms with van der Waals surface area (Å²) in [4.78, 5) is 39.1. The number of hydrogen-bond donors (Lipinski definition) is 1. The number of carbonyl (C=O) groups is 2. The fourth-order valence-corrected chi connectivity index (χ4v) is 3.66. The molecule has 2 heterocycles. The molecule has 7 nitrogen and oxygen atoms in total. The average molecular weight is 378 g/mol. The summed E-state index contributed by atoms with van der Waals surface area (Å²) in [5.41, 5.74) is 2.48. The van der Waals surface area contributed by atoms with Crippen molar-refractivity contribution in [3.05, 3.63) is 64.6 Å². The van der Waals surface area contributed by atoms with Gasteiger partial charge in [-0.1, -0.05) is 12.1 Å². The van der Waals surface area contributed by atoms with E-state index in [0.29, 0.717) is 11.3 Å². The number of aryl methyl sites for hydroxylation is 1. The second kappa shape index (κ2) is 7.34. The Balaban J connectivity index is 1.47. The maximum absolute atomic E-state index is 12.5. The monoisotopic (exact) mass is 378 g/mol. The Hall–Kier alpha value is -3.35. The lowest BCUT2D eigenvalue weighted by molar-refractivity contribution is -0.116. The zero-order valence-electron chi connectivity index (χ0n) is 15.7. The summed E-state index contributed by atoms with van der Waals surface area (Å²) in [6, 6.07) is 14.2. The van der Waals surface area contributed by atoms with Crippen molar-refractivity contribution in [1.29, 1.82) is 0 Å². The van der Waals surface area contributed by atoms with Crippen LogP contribution in [0.3, 0.4) is 0 Å². The van der Waals surface area contributed by atoms with Gasteiger partial charge in [0.1, 0.15) is 6.54 Å². The molecule has 1 aliphatic heterocycles. The molecule has 28 heavy (non-hydrogen) atoms. The van der Waals surface area contributed by atoms with Crippen molar-refractivity contribution in [2.24, 2.45) is 7.05 Å². The molecular weight excluding hydrogens is 356 g/mol. The predicted molar refractivity (Wildman–Crippen MR) is 107 cm³/mol. The number of anilines is 1. The number of aromatic nitrogens is 2. The van der Waals surface area contributed by atoms with Crippen molar-refractivity contribution in [2.75, 3.05) is 18.4 Å². The molecule has 3 aromatic rings. The number of para-hydroxylation sites is 2. The Labute approximate surface area is 162 Å². The summed E-state index contributed by atoms with van der Waals surface area (Å²) >= 11 is 0. The second-order valence-corrected chi connectivity index (χ2v) is 7.04. The minimum Gasteiger partial charge on any atom is -0.339 e. The Kier molecular flexibility index (Phi) is 4.73. The maximum Gasteiger partial charge on any atom is 0.329 e. The highest BCUT2D eigenvalue weighted by Crippen LogP contribution is 2.16. The van der Waals surface area contributed by atoms with Gasteiger partial charge < -0.3 is 10.2 Å². The largest absolute Gasteiger partial charge is 0.339 e. The van der Waals surface area contributed by atoms with Crippen molar-refractivity contribution in [3.63, 3.8) is 0 Å². The first-order chi connectivity index (χ1) is 13.5. The first kappa shape index (κ1) is 18.0. The molecule has 0 aliphatic carbocycles. The number of nitrogens with zero attached hydrogens (tertiary/aromatic N) is 3. The minimum absolute atomic E-state index is 0.0256. The SMILES string of the molecule is Cn1c(=O)n(CC(=O)Nc2ccc(C(=O)N3CCCC3)cc2)c2ccccc21. The van der Waals surface area contributed by atoms with Crippen LogP contribution >= 0.6 is 0 Å². The van der Waals surface area contributed by atoms with E-state index in [1.807, 2.05) is 29.2 Å². The Morgan fingerprint density at radius 2 is 1.61 bits per heavy atom. The number of rotatable bonds is 4. The van der Waals surface area contributed by atoms with Crippen LogP contribution in [0.2, 0.25) is 0 Å². The number of carbonyl (C=O) groups excluding carboxylic acids is 2. The van der Waals surface area contributed by atoms with Gasteiger partial charge in [-0.25, -0.2) is 4.79 Å². The van der Waals surface area contributed by atoms with E-state index < -0.39 is 0 Å². The van der Waals surface area contributed by atoms with Gasteiger partial charge >= 0.3 is 5.69 Å². The average Bonchev–Trinajstić information content (AvgIpc) is 3.32. The first-order valence-electron chi connectivity index (χ1n) is 9.38. The lowest BCUT2D eigenvalue weighted by atomic mass is 10.2. The summed E-state index contributed by atoms with van der Waals surface area (Å²) in [6.45, 7) is 1.53. The molecule has 1 fully saturated rings. The standard InChI is InChI=1S/C21H22N4O3/c1-23-17-6-2-3-7-18(17)25(21(23)28)14-19(26)22-16-10-8-15(9-11-16)20(27)24-12-4-5-13-24/h2-3,6-11H,4-5,12-14H2,1H3,(H,22,26). The van der Waals surface area contributed by atoms with Crippen LogP contribution in [0.1, 0.15) is 23.2 Å². The normalized spacial score (nSPS) is 13.8. The van der Waals surface area contributed by atoms with Gasteiger partial charge in [0.25, 0.3) is 5.91 Å². The molecule has 1 saturated heterocycles. The van der Waals surface area contributed by atoms with Crippen LogP contribution in [0.4, 0.5) is 5.69 Å². The zero-order valence-corrected chi connectivity index (χ0v) is 15.7. The third-order valence-electron chi connectivity index (χ3n) is 5.16. The van der Waals surface area contributed by atoms with Crippen molar-refractivity contribution >= 4 is 28.5 Å². The number of amides is 2. The minimum atomic E-state index is -0.294. The molecule has 1 N–H and O–H groups in total. The molecule has 0 unspecified atom stereocenters. The Bertz CT molecular complexity index is 1090. The number of nitrogens with one attached hydrogen (secondary N) is 1.